The lowest BCUT2D eigenvalue weighted by atomic mass is 9.97. The van der Waals surface area contributed by atoms with Gasteiger partial charge in [0.15, 0.2) is 5.82 Å². The lowest BCUT2D eigenvalue weighted by Crippen LogP contribution is -2.46. The lowest BCUT2D eigenvalue weighted by Gasteiger charge is -2.36. The summed E-state index contributed by atoms with van der Waals surface area (Å²) in [4.78, 5) is 9.22. The van der Waals surface area contributed by atoms with Crippen LogP contribution in [0.1, 0.15) is 35.3 Å². The van der Waals surface area contributed by atoms with Crippen molar-refractivity contribution >= 4 is 28.1 Å². The molecule has 5 rings (SSSR count). The number of rotatable bonds is 5. The van der Waals surface area contributed by atoms with Crippen LogP contribution in [0.25, 0.3) is 10.8 Å². The number of aryl methyl sites for hydroxylation is 2. The van der Waals surface area contributed by atoms with E-state index in [0.29, 0.717) is 11.4 Å². The molecule has 1 N–H and O–H groups in total. The maximum Gasteiger partial charge on any atom is 0.416 e. The Morgan fingerprint density at radius 2 is 1.70 bits per heavy atom. The number of halogens is 3. The molecule has 0 radical (unpaired) electrons. The van der Waals surface area contributed by atoms with E-state index in [1.54, 1.807) is 16.9 Å². The van der Waals surface area contributed by atoms with Crippen molar-refractivity contribution < 1.29 is 13.2 Å². The van der Waals surface area contributed by atoms with Crippen molar-refractivity contribution in [1.82, 2.24) is 25.0 Å². The average molecular weight is 511 g/mol. The van der Waals surface area contributed by atoms with Gasteiger partial charge < -0.3 is 15.1 Å². The molecule has 8 nitrogen and oxygen atoms in total. The van der Waals surface area contributed by atoms with Crippen LogP contribution in [0.15, 0.2) is 42.9 Å². The Kier molecular flexibility index (Phi) is 6.38. The third-order valence-corrected chi connectivity index (χ3v) is 7.00. The van der Waals surface area contributed by atoms with E-state index in [9.17, 15) is 13.2 Å². The van der Waals surface area contributed by atoms with Crippen LogP contribution in [0, 0.1) is 13.8 Å². The monoisotopic (exact) mass is 510 g/mol. The molecule has 4 heterocycles. The molecule has 0 saturated carbocycles. The molecule has 1 aliphatic rings. The second-order valence-corrected chi connectivity index (χ2v) is 9.45. The van der Waals surface area contributed by atoms with Crippen molar-refractivity contribution in [2.45, 2.75) is 33.0 Å². The number of benzene rings is 1. The van der Waals surface area contributed by atoms with Crippen LogP contribution in [-0.2, 0) is 13.2 Å². The van der Waals surface area contributed by atoms with Gasteiger partial charge in [-0.2, -0.15) is 23.4 Å². The van der Waals surface area contributed by atoms with Crippen LogP contribution in [-0.4, -0.2) is 51.1 Å². The predicted octanol–water partition coefficient (Wildman–Crippen LogP) is 4.89. The molecule has 1 unspecified atom stereocenters. The molecule has 0 bridgehead atoms. The number of pyridine rings is 1. The van der Waals surface area contributed by atoms with Gasteiger partial charge in [-0.25, -0.2) is 4.98 Å². The van der Waals surface area contributed by atoms with E-state index >= 15 is 0 Å². The molecule has 194 valence electrons. The summed E-state index contributed by atoms with van der Waals surface area (Å²) in [6.07, 6.45) is 1.28. The number of aromatic nitrogens is 5. The van der Waals surface area contributed by atoms with Gasteiger partial charge >= 0.3 is 6.18 Å². The van der Waals surface area contributed by atoms with Crippen molar-refractivity contribution in [3.05, 3.63) is 65.2 Å². The molecule has 3 aromatic heterocycles. The second kappa shape index (κ2) is 9.53. The summed E-state index contributed by atoms with van der Waals surface area (Å²) in [5.41, 5.74) is 1.98. The number of alkyl halides is 3. The quantitative estimate of drug-likeness (QED) is 0.410. The van der Waals surface area contributed by atoms with Crippen LogP contribution < -0.4 is 15.1 Å². The van der Waals surface area contributed by atoms with Crippen molar-refractivity contribution in [1.29, 1.82) is 0 Å². The lowest BCUT2D eigenvalue weighted by molar-refractivity contribution is -0.138. The fourth-order valence-electron chi connectivity index (χ4n) is 4.92. The molecule has 37 heavy (non-hydrogen) atoms. The first kappa shape index (κ1) is 24.8. The molecular formula is C26H29F3N8. The van der Waals surface area contributed by atoms with Gasteiger partial charge in [0, 0.05) is 56.4 Å². The van der Waals surface area contributed by atoms with Gasteiger partial charge in [-0.05, 0) is 44.0 Å². The fraction of sp³-hybridized carbons (Fsp3) is 0.385. The van der Waals surface area contributed by atoms with E-state index in [1.807, 2.05) is 39.4 Å². The maximum absolute atomic E-state index is 13.5. The third-order valence-electron chi connectivity index (χ3n) is 7.00. The number of piperazine rings is 1. The Balaban J connectivity index is 1.40. The van der Waals surface area contributed by atoms with Gasteiger partial charge in [0.25, 0.3) is 0 Å². The van der Waals surface area contributed by atoms with Crippen molar-refractivity contribution in [2.24, 2.45) is 7.05 Å². The Bertz CT molecular complexity index is 1420. The highest BCUT2D eigenvalue weighted by atomic mass is 19.4. The Hall–Kier alpha value is -3.89. The fourth-order valence-corrected chi connectivity index (χ4v) is 4.92. The second-order valence-electron chi connectivity index (χ2n) is 9.45. The molecule has 11 heteroatoms. The zero-order chi connectivity index (χ0) is 26.3. The summed E-state index contributed by atoms with van der Waals surface area (Å²) in [5.74, 6) is 1.35. The van der Waals surface area contributed by atoms with E-state index in [-0.39, 0.29) is 5.56 Å². The molecule has 1 atom stereocenters. The average Bonchev–Trinajstić information content (AvgIpc) is 3.31. The van der Waals surface area contributed by atoms with Crippen LogP contribution in [0.2, 0.25) is 0 Å². The SMILES string of the molecule is Cc1c(C(C)Nc2nnc(C)c3cnc(N4CCN(c5cnn(C)c5)CC4)cc23)cccc1C(F)(F)F. The van der Waals surface area contributed by atoms with Gasteiger partial charge in [-0.1, -0.05) is 12.1 Å². The molecular weight excluding hydrogens is 481 g/mol. The molecule has 1 fully saturated rings. The molecule has 1 aliphatic heterocycles. The smallest absolute Gasteiger partial charge is 0.365 e. The summed E-state index contributed by atoms with van der Waals surface area (Å²) < 4.78 is 42.2. The number of hydrogen-bond donors (Lipinski definition) is 1. The van der Waals surface area contributed by atoms with Crippen molar-refractivity contribution in [3.8, 4) is 0 Å². The number of anilines is 3. The van der Waals surface area contributed by atoms with Gasteiger partial charge in [0.05, 0.1) is 29.2 Å². The van der Waals surface area contributed by atoms with Crippen LogP contribution in [0.3, 0.4) is 0 Å². The number of hydrogen-bond acceptors (Lipinski definition) is 7. The minimum atomic E-state index is -4.40. The summed E-state index contributed by atoms with van der Waals surface area (Å²) in [6, 6.07) is 5.83. The normalized spacial score (nSPS) is 15.3. The van der Waals surface area contributed by atoms with Crippen molar-refractivity contribution in [3.63, 3.8) is 0 Å². The van der Waals surface area contributed by atoms with E-state index in [1.165, 1.54) is 13.0 Å². The largest absolute Gasteiger partial charge is 0.416 e. The number of fused-ring (bicyclic) bond motifs is 1. The minimum absolute atomic E-state index is 0.202. The van der Waals surface area contributed by atoms with Gasteiger partial charge in [0.1, 0.15) is 5.82 Å². The highest BCUT2D eigenvalue weighted by molar-refractivity contribution is 5.94. The van der Waals surface area contributed by atoms with E-state index < -0.39 is 17.8 Å². The predicted molar refractivity (Wildman–Crippen MR) is 138 cm³/mol. The zero-order valence-corrected chi connectivity index (χ0v) is 21.2. The zero-order valence-electron chi connectivity index (χ0n) is 21.2. The summed E-state index contributed by atoms with van der Waals surface area (Å²) in [7, 11) is 1.91. The van der Waals surface area contributed by atoms with Gasteiger partial charge in [0.2, 0.25) is 0 Å². The first-order chi connectivity index (χ1) is 17.6. The van der Waals surface area contributed by atoms with Crippen LogP contribution in [0.5, 0.6) is 0 Å². The van der Waals surface area contributed by atoms with Gasteiger partial charge in [-0.3, -0.25) is 4.68 Å². The maximum atomic E-state index is 13.5. The van der Waals surface area contributed by atoms with E-state index in [0.717, 1.165) is 60.2 Å². The van der Waals surface area contributed by atoms with E-state index in [4.69, 9.17) is 4.98 Å². The minimum Gasteiger partial charge on any atom is -0.365 e. The van der Waals surface area contributed by atoms with E-state index in [2.05, 4.69) is 30.4 Å². The molecule has 0 spiro atoms. The molecule has 4 aromatic rings. The standard InChI is InChI=1S/C26H29F3N8/c1-16-20(6-5-7-23(16)26(27,28)29)17(2)32-25-21-12-24(30-14-22(21)18(3)33-34-25)37-10-8-36(9-11-37)19-13-31-35(4)15-19/h5-7,12-15,17H,8-11H2,1-4H3,(H,32,34). The van der Waals surface area contributed by atoms with Crippen LogP contribution >= 0.6 is 0 Å². The summed E-state index contributed by atoms with van der Waals surface area (Å²) >= 11 is 0. The molecule has 0 aliphatic carbocycles. The molecule has 1 aromatic carbocycles. The highest BCUT2D eigenvalue weighted by Crippen LogP contribution is 2.36. The third kappa shape index (κ3) is 4.90. The Morgan fingerprint density at radius 1 is 0.973 bits per heavy atom. The molecule has 0 amide bonds. The summed E-state index contributed by atoms with van der Waals surface area (Å²) in [5, 5.41) is 17.9. The van der Waals surface area contributed by atoms with Gasteiger partial charge in [-0.15, -0.1) is 5.10 Å². The summed E-state index contributed by atoms with van der Waals surface area (Å²) in [6.45, 7) is 8.48. The highest BCUT2D eigenvalue weighted by Gasteiger charge is 2.33. The first-order valence-corrected chi connectivity index (χ1v) is 12.2. The number of nitrogens with one attached hydrogen (secondary N) is 1. The molecule has 1 saturated heterocycles. The number of nitrogens with zero attached hydrogens (tertiary/aromatic N) is 7. The van der Waals surface area contributed by atoms with Crippen LogP contribution in [0.4, 0.5) is 30.5 Å². The topological polar surface area (TPSA) is 75.0 Å². The first-order valence-electron chi connectivity index (χ1n) is 12.2. The Morgan fingerprint density at radius 3 is 2.38 bits per heavy atom. The van der Waals surface area contributed by atoms with Crippen molar-refractivity contribution in [2.75, 3.05) is 41.3 Å². The Labute approximate surface area is 213 Å².